The third-order valence-corrected chi connectivity index (χ3v) is 3.39. The molecule has 0 spiro atoms. The van der Waals surface area contributed by atoms with Crippen LogP contribution in [0.15, 0.2) is 35.4 Å². The Balaban J connectivity index is 1.79. The maximum atomic E-state index is 12.5. The summed E-state index contributed by atoms with van der Waals surface area (Å²) in [4.78, 5) is 25.2. The van der Waals surface area contributed by atoms with Crippen LogP contribution in [0.25, 0.3) is 0 Å². The number of ether oxygens (including phenoxy) is 1. The van der Waals surface area contributed by atoms with Gasteiger partial charge in [-0.25, -0.2) is 5.43 Å². The molecule has 0 aromatic heterocycles. The molecular weight excluding hydrogens is 258 g/mol. The minimum atomic E-state index is -0.371. The SMILES string of the molecule is O=C1CCC(C(=O)N2CCOC2c2ccccc2)=NN1. The summed E-state index contributed by atoms with van der Waals surface area (Å²) in [5.41, 5.74) is 3.68. The maximum absolute atomic E-state index is 12.5. The molecule has 1 unspecified atom stereocenters. The van der Waals surface area contributed by atoms with Crippen molar-refractivity contribution in [3.8, 4) is 0 Å². The summed E-state index contributed by atoms with van der Waals surface area (Å²) in [6, 6.07) is 9.61. The number of nitrogens with zero attached hydrogens (tertiary/aromatic N) is 2. The third kappa shape index (κ3) is 2.42. The first-order valence-electron chi connectivity index (χ1n) is 6.58. The first-order chi connectivity index (χ1) is 9.75. The maximum Gasteiger partial charge on any atom is 0.272 e. The minimum Gasteiger partial charge on any atom is -0.352 e. The highest BCUT2D eigenvalue weighted by atomic mass is 16.5. The number of benzene rings is 1. The lowest BCUT2D eigenvalue weighted by Gasteiger charge is -2.24. The number of nitrogens with one attached hydrogen (secondary N) is 1. The first kappa shape index (κ1) is 12.8. The van der Waals surface area contributed by atoms with Gasteiger partial charge in [0.2, 0.25) is 5.91 Å². The molecule has 2 amide bonds. The zero-order chi connectivity index (χ0) is 13.9. The van der Waals surface area contributed by atoms with Gasteiger partial charge in [0, 0.05) is 24.9 Å². The van der Waals surface area contributed by atoms with E-state index in [-0.39, 0.29) is 18.0 Å². The lowest BCUT2D eigenvalue weighted by atomic mass is 10.1. The second kappa shape index (κ2) is 5.42. The number of hydrazone groups is 1. The van der Waals surface area contributed by atoms with Gasteiger partial charge in [0.15, 0.2) is 6.23 Å². The zero-order valence-corrected chi connectivity index (χ0v) is 10.9. The van der Waals surface area contributed by atoms with E-state index in [1.807, 2.05) is 30.3 Å². The number of hydrogen-bond acceptors (Lipinski definition) is 4. The Bertz CT molecular complexity index is 556. The number of rotatable bonds is 2. The van der Waals surface area contributed by atoms with Gasteiger partial charge in [0.1, 0.15) is 5.71 Å². The number of amides is 2. The van der Waals surface area contributed by atoms with Crippen LogP contribution < -0.4 is 5.43 Å². The fraction of sp³-hybridized carbons (Fsp3) is 0.357. The van der Waals surface area contributed by atoms with Gasteiger partial charge in [0.05, 0.1) is 6.61 Å². The lowest BCUT2D eigenvalue weighted by molar-refractivity contribution is -0.129. The largest absolute Gasteiger partial charge is 0.352 e. The molecule has 1 aromatic rings. The van der Waals surface area contributed by atoms with Crippen molar-refractivity contribution in [1.82, 2.24) is 10.3 Å². The van der Waals surface area contributed by atoms with Gasteiger partial charge in [-0.15, -0.1) is 0 Å². The molecule has 2 aliphatic rings. The topological polar surface area (TPSA) is 71.0 Å². The summed E-state index contributed by atoms with van der Waals surface area (Å²) in [5.74, 6) is -0.324. The molecule has 6 nitrogen and oxygen atoms in total. The molecule has 1 aromatic carbocycles. The molecule has 0 saturated carbocycles. The highest BCUT2D eigenvalue weighted by molar-refractivity contribution is 6.39. The molecule has 6 heteroatoms. The Labute approximate surface area is 116 Å². The smallest absolute Gasteiger partial charge is 0.272 e. The van der Waals surface area contributed by atoms with Crippen LogP contribution in [0.2, 0.25) is 0 Å². The molecule has 1 fully saturated rings. The predicted molar refractivity (Wildman–Crippen MR) is 71.7 cm³/mol. The van der Waals surface area contributed by atoms with Crippen LogP contribution in [0.1, 0.15) is 24.6 Å². The quantitative estimate of drug-likeness (QED) is 0.866. The van der Waals surface area contributed by atoms with Gasteiger partial charge < -0.3 is 9.64 Å². The van der Waals surface area contributed by atoms with Gasteiger partial charge in [-0.05, 0) is 0 Å². The van der Waals surface area contributed by atoms with Crippen LogP contribution in [0.3, 0.4) is 0 Å². The van der Waals surface area contributed by atoms with Crippen molar-refractivity contribution < 1.29 is 14.3 Å². The van der Waals surface area contributed by atoms with Gasteiger partial charge >= 0.3 is 0 Å². The molecule has 0 aliphatic carbocycles. The van der Waals surface area contributed by atoms with E-state index in [0.29, 0.717) is 31.7 Å². The fourth-order valence-electron chi connectivity index (χ4n) is 2.37. The van der Waals surface area contributed by atoms with E-state index in [1.165, 1.54) is 0 Å². The molecular formula is C14H15N3O3. The Morgan fingerprint density at radius 1 is 1.30 bits per heavy atom. The second-order valence-corrected chi connectivity index (χ2v) is 4.73. The van der Waals surface area contributed by atoms with Crippen molar-refractivity contribution in [1.29, 1.82) is 0 Å². The van der Waals surface area contributed by atoms with Crippen molar-refractivity contribution in [3.63, 3.8) is 0 Å². The van der Waals surface area contributed by atoms with Crippen molar-refractivity contribution in [2.75, 3.05) is 13.2 Å². The predicted octanol–water partition coefficient (Wildman–Crippen LogP) is 0.810. The van der Waals surface area contributed by atoms with E-state index in [0.717, 1.165) is 5.56 Å². The summed E-state index contributed by atoms with van der Waals surface area (Å²) < 4.78 is 5.65. The first-order valence-corrected chi connectivity index (χ1v) is 6.58. The Hall–Kier alpha value is -2.21. The highest BCUT2D eigenvalue weighted by Crippen LogP contribution is 2.27. The summed E-state index contributed by atoms with van der Waals surface area (Å²) in [5, 5.41) is 3.85. The Morgan fingerprint density at radius 2 is 2.10 bits per heavy atom. The van der Waals surface area contributed by atoms with Crippen LogP contribution >= 0.6 is 0 Å². The number of carbonyl (C=O) groups excluding carboxylic acids is 2. The van der Waals surface area contributed by atoms with Crippen LogP contribution in [-0.2, 0) is 14.3 Å². The molecule has 3 rings (SSSR count). The highest BCUT2D eigenvalue weighted by Gasteiger charge is 2.34. The fourth-order valence-corrected chi connectivity index (χ4v) is 2.37. The van der Waals surface area contributed by atoms with Crippen molar-refractivity contribution >= 4 is 17.5 Å². The molecule has 104 valence electrons. The molecule has 0 bridgehead atoms. The van der Waals surface area contributed by atoms with Gasteiger partial charge in [-0.2, -0.15) is 5.10 Å². The van der Waals surface area contributed by atoms with Crippen LogP contribution in [0.4, 0.5) is 0 Å². The van der Waals surface area contributed by atoms with Crippen LogP contribution in [-0.4, -0.2) is 35.6 Å². The average molecular weight is 273 g/mol. The molecule has 2 aliphatic heterocycles. The van der Waals surface area contributed by atoms with Crippen molar-refractivity contribution in [2.45, 2.75) is 19.1 Å². The molecule has 1 atom stereocenters. The molecule has 2 heterocycles. The molecule has 1 saturated heterocycles. The van der Waals surface area contributed by atoms with E-state index >= 15 is 0 Å². The van der Waals surface area contributed by atoms with E-state index < -0.39 is 0 Å². The number of carbonyl (C=O) groups is 2. The zero-order valence-electron chi connectivity index (χ0n) is 10.9. The summed E-state index contributed by atoms with van der Waals surface area (Å²) >= 11 is 0. The Morgan fingerprint density at radius 3 is 2.80 bits per heavy atom. The van der Waals surface area contributed by atoms with Gasteiger partial charge in [-0.3, -0.25) is 9.59 Å². The summed E-state index contributed by atoms with van der Waals surface area (Å²) in [6.07, 6.45) is 0.307. The van der Waals surface area contributed by atoms with Crippen molar-refractivity contribution in [2.24, 2.45) is 5.10 Å². The van der Waals surface area contributed by atoms with Gasteiger partial charge in [-0.1, -0.05) is 30.3 Å². The second-order valence-electron chi connectivity index (χ2n) is 4.73. The summed E-state index contributed by atoms with van der Waals surface area (Å²) in [6.45, 7) is 1.04. The van der Waals surface area contributed by atoms with E-state index in [4.69, 9.17) is 4.74 Å². The number of hydrogen-bond donors (Lipinski definition) is 1. The normalized spacial score (nSPS) is 22.4. The monoisotopic (exact) mass is 273 g/mol. The standard InChI is InChI=1S/C14H15N3O3/c18-12-7-6-11(15-16-12)13(19)17-8-9-20-14(17)10-4-2-1-3-5-10/h1-5,14H,6-9H2,(H,16,18). The minimum absolute atomic E-state index is 0.154. The molecule has 1 N–H and O–H groups in total. The Kier molecular flexibility index (Phi) is 3.47. The van der Waals surface area contributed by atoms with E-state index in [1.54, 1.807) is 4.90 Å². The van der Waals surface area contributed by atoms with Gasteiger partial charge in [0.25, 0.3) is 5.91 Å². The van der Waals surface area contributed by atoms with Crippen molar-refractivity contribution in [3.05, 3.63) is 35.9 Å². The third-order valence-electron chi connectivity index (χ3n) is 3.39. The average Bonchev–Trinajstić information content (AvgIpc) is 2.97. The van der Waals surface area contributed by atoms with Crippen LogP contribution in [0, 0.1) is 0 Å². The lowest BCUT2D eigenvalue weighted by Crippen LogP contribution is -2.40. The van der Waals surface area contributed by atoms with Crippen LogP contribution in [0.5, 0.6) is 0 Å². The van der Waals surface area contributed by atoms with E-state index in [2.05, 4.69) is 10.5 Å². The van der Waals surface area contributed by atoms with E-state index in [9.17, 15) is 9.59 Å². The summed E-state index contributed by atoms with van der Waals surface area (Å²) in [7, 11) is 0. The molecule has 20 heavy (non-hydrogen) atoms. The molecule has 0 radical (unpaired) electrons.